The molecule has 0 radical (unpaired) electrons. The zero-order chi connectivity index (χ0) is 24.1. The zero-order valence-corrected chi connectivity index (χ0v) is 19.9. The van der Waals surface area contributed by atoms with Gasteiger partial charge in [0.05, 0.1) is 11.6 Å². The number of aromatic nitrogens is 3. The van der Waals surface area contributed by atoms with E-state index >= 15 is 0 Å². The first-order valence-corrected chi connectivity index (χ1v) is 12.1. The third kappa shape index (κ3) is 4.90. The fourth-order valence-corrected chi connectivity index (χ4v) is 4.88. The summed E-state index contributed by atoms with van der Waals surface area (Å²) in [6.07, 6.45) is 10.2. The van der Waals surface area contributed by atoms with E-state index in [9.17, 15) is 14.7 Å². The SMILES string of the molecule is CCCCCCCC(NC(=O)c1ccc2nn(C)cc2c1)(C(=O)O)C1CCc2cccnc2N1. The Balaban J connectivity index is 1.62. The lowest BCUT2D eigenvalue weighted by Gasteiger charge is -2.41. The van der Waals surface area contributed by atoms with Gasteiger partial charge in [0.15, 0.2) is 5.54 Å². The lowest BCUT2D eigenvalue weighted by Crippen LogP contribution is -2.65. The molecule has 0 spiro atoms. The highest BCUT2D eigenvalue weighted by atomic mass is 16.4. The lowest BCUT2D eigenvalue weighted by molar-refractivity contribution is -0.145. The smallest absolute Gasteiger partial charge is 0.331 e. The summed E-state index contributed by atoms with van der Waals surface area (Å²) in [5.41, 5.74) is 0.833. The molecular weight excluding hydrogens is 430 g/mol. The van der Waals surface area contributed by atoms with Crippen LogP contribution in [-0.2, 0) is 18.3 Å². The first-order chi connectivity index (χ1) is 16.4. The summed E-state index contributed by atoms with van der Waals surface area (Å²) in [6, 6.07) is 8.66. The third-order valence-corrected chi connectivity index (χ3v) is 6.77. The molecule has 0 saturated heterocycles. The van der Waals surface area contributed by atoms with Crippen LogP contribution in [0.15, 0.2) is 42.7 Å². The minimum Gasteiger partial charge on any atom is -0.479 e. The normalized spacial score (nSPS) is 16.9. The topological polar surface area (TPSA) is 109 Å². The third-order valence-electron chi connectivity index (χ3n) is 6.77. The van der Waals surface area contributed by atoms with E-state index in [1.807, 2.05) is 25.4 Å². The van der Waals surface area contributed by atoms with Crippen molar-refractivity contribution in [2.45, 2.75) is 69.9 Å². The van der Waals surface area contributed by atoms with Gasteiger partial charge in [0.1, 0.15) is 5.82 Å². The van der Waals surface area contributed by atoms with Crippen LogP contribution in [0.4, 0.5) is 5.82 Å². The van der Waals surface area contributed by atoms with Crippen LogP contribution in [0.5, 0.6) is 0 Å². The largest absolute Gasteiger partial charge is 0.479 e. The number of unbranched alkanes of at least 4 members (excludes halogenated alkanes) is 4. The number of nitrogens with one attached hydrogen (secondary N) is 2. The highest BCUT2D eigenvalue weighted by molar-refractivity contribution is 6.01. The number of amides is 1. The molecule has 1 aliphatic rings. The van der Waals surface area contributed by atoms with E-state index in [1.54, 1.807) is 29.1 Å². The molecule has 3 heterocycles. The van der Waals surface area contributed by atoms with Crippen molar-refractivity contribution in [1.29, 1.82) is 0 Å². The Morgan fingerprint density at radius 2 is 2.06 bits per heavy atom. The molecule has 3 aromatic rings. The number of aryl methyl sites for hydroxylation is 2. The molecule has 0 bridgehead atoms. The molecule has 1 aliphatic heterocycles. The molecule has 3 N–H and O–H groups in total. The van der Waals surface area contributed by atoms with Gasteiger partial charge in [-0.3, -0.25) is 9.48 Å². The predicted octanol–water partition coefficient (Wildman–Crippen LogP) is 4.31. The van der Waals surface area contributed by atoms with E-state index in [1.165, 1.54) is 0 Å². The van der Waals surface area contributed by atoms with Gasteiger partial charge in [0.2, 0.25) is 0 Å². The number of carboxylic acid groups (broad SMARTS) is 1. The second kappa shape index (κ2) is 10.2. The van der Waals surface area contributed by atoms with Gasteiger partial charge in [-0.1, -0.05) is 45.1 Å². The molecule has 0 aliphatic carbocycles. The number of anilines is 1. The molecule has 0 fully saturated rings. The summed E-state index contributed by atoms with van der Waals surface area (Å²) in [6.45, 7) is 2.15. The van der Waals surface area contributed by atoms with Crippen molar-refractivity contribution in [1.82, 2.24) is 20.1 Å². The monoisotopic (exact) mass is 463 g/mol. The van der Waals surface area contributed by atoms with Crippen molar-refractivity contribution >= 4 is 28.6 Å². The zero-order valence-electron chi connectivity index (χ0n) is 19.9. The average molecular weight is 464 g/mol. The second-order valence-electron chi connectivity index (χ2n) is 9.22. The lowest BCUT2D eigenvalue weighted by atomic mass is 9.79. The number of hydrogen-bond acceptors (Lipinski definition) is 5. The second-order valence-corrected chi connectivity index (χ2v) is 9.22. The minimum atomic E-state index is -1.44. The van der Waals surface area contributed by atoms with Gasteiger partial charge in [0, 0.05) is 30.4 Å². The van der Waals surface area contributed by atoms with Gasteiger partial charge in [-0.05, 0) is 49.1 Å². The molecule has 8 heteroatoms. The quantitative estimate of drug-likeness (QED) is 0.387. The number of benzene rings is 1. The van der Waals surface area contributed by atoms with Gasteiger partial charge in [-0.15, -0.1) is 0 Å². The number of carbonyl (C=O) groups is 2. The van der Waals surface area contributed by atoms with Crippen LogP contribution in [0.3, 0.4) is 0 Å². The van der Waals surface area contributed by atoms with Crippen LogP contribution in [0.25, 0.3) is 10.9 Å². The number of hydrogen-bond donors (Lipinski definition) is 3. The molecule has 2 aromatic heterocycles. The molecule has 1 aromatic carbocycles. The van der Waals surface area contributed by atoms with Crippen LogP contribution in [0.1, 0.15) is 67.8 Å². The van der Waals surface area contributed by atoms with Crippen LogP contribution in [-0.4, -0.2) is 43.3 Å². The van der Waals surface area contributed by atoms with Crippen molar-refractivity contribution < 1.29 is 14.7 Å². The summed E-state index contributed by atoms with van der Waals surface area (Å²) >= 11 is 0. The Hall–Kier alpha value is -3.42. The maximum Gasteiger partial charge on any atom is 0.331 e. The summed E-state index contributed by atoms with van der Waals surface area (Å²) in [5, 5.41) is 22.0. The number of rotatable bonds is 10. The fraction of sp³-hybridized carbons (Fsp3) is 0.462. The molecular formula is C26H33N5O3. The van der Waals surface area contributed by atoms with Crippen LogP contribution >= 0.6 is 0 Å². The minimum absolute atomic E-state index is 0.354. The highest BCUT2D eigenvalue weighted by Crippen LogP contribution is 2.32. The van der Waals surface area contributed by atoms with Gasteiger partial charge < -0.3 is 15.7 Å². The number of fused-ring (bicyclic) bond motifs is 2. The van der Waals surface area contributed by atoms with E-state index in [-0.39, 0.29) is 0 Å². The van der Waals surface area contributed by atoms with Crippen LogP contribution in [0.2, 0.25) is 0 Å². The van der Waals surface area contributed by atoms with Crippen molar-refractivity contribution in [3.63, 3.8) is 0 Å². The average Bonchev–Trinajstić information content (AvgIpc) is 3.21. The Morgan fingerprint density at radius 1 is 1.24 bits per heavy atom. The van der Waals surface area contributed by atoms with Crippen molar-refractivity contribution in [3.8, 4) is 0 Å². The van der Waals surface area contributed by atoms with Crippen LogP contribution < -0.4 is 10.6 Å². The van der Waals surface area contributed by atoms with Crippen molar-refractivity contribution in [2.24, 2.45) is 7.05 Å². The fourth-order valence-electron chi connectivity index (χ4n) is 4.88. The highest BCUT2D eigenvalue weighted by Gasteiger charge is 2.48. The molecule has 8 nitrogen and oxygen atoms in total. The molecule has 180 valence electrons. The van der Waals surface area contributed by atoms with E-state index < -0.39 is 23.5 Å². The van der Waals surface area contributed by atoms with E-state index in [2.05, 4.69) is 27.6 Å². The molecule has 2 unspecified atom stereocenters. The summed E-state index contributed by atoms with van der Waals surface area (Å²) in [5.74, 6) is -0.715. The standard InChI is InChI=1S/C26H33N5O3/c1-3-4-5-6-7-14-26(25(33)34,22-13-11-18-9-8-15-27-23(18)28-22)29-24(32)19-10-12-21-20(16-19)17-31(2)30-21/h8-10,12,15-17,22H,3-7,11,13-14H2,1-2H3,(H,27,28)(H,29,32)(H,33,34). The van der Waals surface area contributed by atoms with Gasteiger partial charge >= 0.3 is 5.97 Å². The first-order valence-electron chi connectivity index (χ1n) is 12.1. The number of carbonyl (C=O) groups excluding carboxylic acids is 1. The summed E-state index contributed by atoms with van der Waals surface area (Å²) < 4.78 is 1.70. The van der Waals surface area contributed by atoms with Gasteiger partial charge in [0.25, 0.3) is 5.91 Å². The van der Waals surface area contributed by atoms with Gasteiger partial charge in [-0.2, -0.15) is 5.10 Å². The number of carboxylic acids is 1. The van der Waals surface area contributed by atoms with E-state index in [0.717, 1.165) is 48.6 Å². The Labute approximate surface area is 199 Å². The molecule has 1 amide bonds. The number of pyridine rings is 1. The van der Waals surface area contributed by atoms with Gasteiger partial charge in [-0.25, -0.2) is 9.78 Å². The van der Waals surface area contributed by atoms with Crippen molar-refractivity contribution in [2.75, 3.05) is 5.32 Å². The summed E-state index contributed by atoms with van der Waals surface area (Å²) in [7, 11) is 1.83. The molecule has 34 heavy (non-hydrogen) atoms. The number of nitrogens with zero attached hydrogens (tertiary/aromatic N) is 3. The van der Waals surface area contributed by atoms with Crippen LogP contribution in [0, 0.1) is 0 Å². The number of aliphatic carboxylic acids is 1. The summed E-state index contributed by atoms with van der Waals surface area (Å²) in [4.78, 5) is 30.7. The Bertz CT molecular complexity index is 1170. The predicted molar refractivity (Wildman–Crippen MR) is 132 cm³/mol. The van der Waals surface area contributed by atoms with Crippen molar-refractivity contribution in [3.05, 3.63) is 53.9 Å². The molecule has 4 rings (SSSR count). The van der Waals surface area contributed by atoms with E-state index in [4.69, 9.17) is 0 Å². The Morgan fingerprint density at radius 3 is 2.85 bits per heavy atom. The first kappa shape index (κ1) is 23.7. The van der Waals surface area contributed by atoms with E-state index in [0.29, 0.717) is 30.6 Å². The molecule has 2 atom stereocenters. The maximum atomic E-state index is 13.4. The molecule has 0 saturated carbocycles. The maximum absolute atomic E-state index is 13.4. The Kier molecular flexibility index (Phi) is 7.14.